The lowest BCUT2D eigenvalue weighted by atomic mass is 10.3. The van der Waals surface area contributed by atoms with Crippen LogP contribution in [0.2, 0.25) is 10.0 Å². The van der Waals surface area contributed by atoms with E-state index in [1.165, 1.54) is 0 Å². The van der Waals surface area contributed by atoms with Crippen LogP contribution in [0.3, 0.4) is 0 Å². The summed E-state index contributed by atoms with van der Waals surface area (Å²) in [5, 5.41) is 12.1. The van der Waals surface area contributed by atoms with E-state index in [-0.39, 0.29) is 12.5 Å². The van der Waals surface area contributed by atoms with Crippen LogP contribution in [0.1, 0.15) is 13.3 Å². The predicted octanol–water partition coefficient (Wildman–Crippen LogP) is 2.26. The molecule has 1 atom stereocenters. The first-order valence-electron chi connectivity index (χ1n) is 5.55. The minimum atomic E-state index is -0.664. The van der Waals surface area contributed by atoms with Crippen molar-refractivity contribution < 1.29 is 14.6 Å². The van der Waals surface area contributed by atoms with Crippen molar-refractivity contribution in [3.63, 3.8) is 0 Å². The van der Waals surface area contributed by atoms with Gasteiger partial charge in [-0.2, -0.15) is 0 Å². The number of amides is 1. The van der Waals surface area contributed by atoms with Crippen molar-refractivity contribution in [3.05, 3.63) is 28.2 Å². The molecule has 0 heterocycles. The molecule has 0 fully saturated rings. The molecule has 1 amide bonds. The number of benzene rings is 1. The van der Waals surface area contributed by atoms with E-state index >= 15 is 0 Å². The summed E-state index contributed by atoms with van der Waals surface area (Å²) in [6.07, 6.45) is -0.150. The molecule has 0 aliphatic rings. The van der Waals surface area contributed by atoms with Crippen LogP contribution in [-0.4, -0.2) is 30.3 Å². The van der Waals surface area contributed by atoms with Crippen LogP contribution in [-0.2, 0) is 4.79 Å². The van der Waals surface area contributed by atoms with E-state index in [1.54, 1.807) is 25.1 Å². The van der Waals surface area contributed by atoms with Crippen molar-refractivity contribution in [2.45, 2.75) is 19.4 Å². The van der Waals surface area contributed by atoms with Gasteiger partial charge >= 0.3 is 0 Å². The quantitative estimate of drug-likeness (QED) is 0.791. The van der Waals surface area contributed by atoms with Gasteiger partial charge in [0.15, 0.2) is 6.10 Å². The number of carbonyl (C=O) groups excluding carboxylic acids is 1. The molecule has 0 aliphatic heterocycles. The summed E-state index contributed by atoms with van der Waals surface area (Å²) in [6.45, 7) is 2.08. The van der Waals surface area contributed by atoms with E-state index in [2.05, 4.69) is 5.32 Å². The Balaban J connectivity index is 2.53. The summed E-state index contributed by atoms with van der Waals surface area (Å²) in [7, 11) is 0. The van der Waals surface area contributed by atoms with Gasteiger partial charge in [-0.1, -0.05) is 23.2 Å². The highest BCUT2D eigenvalue weighted by Gasteiger charge is 2.15. The van der Waals surface area contributed by atoms with E-state index in [0.29, 0.717) is 28.8 Å². The Hall–Kier alpha value is -0.970. The predicted molar refractivity (Wildman–Crippen MR) is 71.3 cm³/mol. The summed E-state index contributed by atoms with van der Waals surface area (Å²) in [6, 6.07) is 4.80. The Morgan fingerprint density at radius 2 is 2.22 bits per heavy atom. The monoisotopic (exact) mass is 291 g/mol. The molecule has 6 heteroatoms. The normalized spacial score (nSPS) is 12.0. The first-order valence-corrected chi connectivity index (χ1v) is 6.30. The molecule has 100 valence electrons. The van der Waals surface area contributed by atoms with E-state index in [4.69, 9.17) is 33.0 Å². The molecule has 0 bridgehead atoms. The van der Waals surface area contributed by atoms with E-state index in [1.807, 2.05) is 0 Å². The molecule has 4 nitrogen and oxygen atoms in total. The van der Waals surface area contributed by atoms with Gasteiger partial charge in [0.1, 0.15) is 5.75 Å². The number of halogens is 2. The fourth-order valence-electron chi connectivity index (χ4n) is 1.25. The second-order valence-corrected chi connectivity index (χ2v) is 4.55. The van der Waals surface area contributed by atoms with Crippen molar-refractivity contribution in [2.24, 2.45) is 0 Å². The molecule has 0 saturated heterocycles. The number of hydrogen-bond acceptors (Lipinski definition) is 3. The number of hydrogen-bond donors (Lipinski definition) is 2. The van der Waals surface area contributed by atoms with Crippen molar-refractivity contribution in [1.29, 1.82) is 0 Å². The summed E-state index contributed by atoms with van der Waals surface area (Å²) >= 11 is 11.7. The van der Waals surface area contributed by atoms with Gasteiger partial charge in [0, 0.05) is 18.2 Å². The highest BCUT2D eigenvalue weighted by molar-refractivity contribution is 6.35. The zero-order chi connectivity index (χ0) is 13.5. The molecule has 0 aliphatic carbocycles. The van der Waals surface area contributed by atoms with Crippen LogP contribution in [0.25, 0.3) is 0 Å². The van der Waals surface area contributed by atoms with Gasteiger partial charge in [-0.05, 0) is 31.5 Å². The first-order chi connectivity index (χ1) is 8.54. The molecule has 1 aromatic rings. The number of ether oxygens (including phenoxy) is 1. The second kappa shape index (κ2) is 7.46. The van der Waals surface area contributed by atoms with Gasteiger partial charge in [0.05, 0.1) is 5.02 Å². The van der Waals surface area contributed by atoms with Gasteiger partial charge in [-0.15, -0.1) is 0 Å². The Bertz CT molecular complexity index is 412. The third-order valence-corrected chi connectivity index (χ3v) is 2.73. The maximum Gasteiger partial charge on any atom is 0.260 e. The average molecular weight is 292 g/mol. The number of aliphatic hydroxyl groups excluding tert-OH is 1. The van der Waals surface area contributed by atoms with Crippen molar-refractivity contribution in [1.82, 2.24) is 5.32 Å². The minimum Gasteiger partial charge on any atom is -0.479 e. The van der Waals surface area contributed by atoms with E-state index in [0.717, 1.165) is 0 Å². The van der Waals surface area contributed by atoms with Crippen LogP contribution >= 0.6 is 23.2 Å². The maximum atomic E-state index is 11.6. The largest absolute Gasteiger partial charge is 0.479 e. The van der Waals surface area contributed by atoms with Crippen molar-refractivity contribution in [3.8, 4) is 5.75 Å². The maximum absolute atomic E-state index is 11.6. The van der Waals surface area contributed by atoms with Crippen LogP contribution in [0.4, 0.5) is 0 Å². The summed E-state index contributed by atoms with van der Waals surface area (Å²) in [5.41, 5.74) is 0. The average Bonchev–Trinajstić information content (AvgIpc) is 2.32. The molecule has 1 unspecified atom stereocenters. The number of nitrogens with one attached hydrogen (secondary N) is 1. The molecule has 18 heavy (non-hydrogen) atoms. The lowest BCUT2D eigenvalue weighted by Crippen LogP contribution is -2.37. The molecule has 1 aromatic carbocycles. The number of aliphatic hydroxyl groups is 1. The molecular weight excluding hydrogens is 277 g/mol. The molecule has 2 N–H and O–H groups in total. The van der Waals surface area contributed by atoms with Gasteiger partial charge < -0.3 is 15.2 Å². The molecule has 0 aromatic heterocycles. The Labute approximate surface area is 116 Å². The zero-order valence-electron chi connectivity index (χ0n) is 9.95. The Morgan fingerprint density at radius 1 is 1.50 bits per heavy atom. The van der Waals surface area contributed by atoms with E-state index < -0.39 is 6.10 Å². The lowest BCUT2D eigenvalue weighted by Gasteiger charge is -2.15. The highest BCUT2D eigenvalue weighted by atomic mass is 35.5. The third kappa shape index (κ3) is 4.72. The van der Waals surface area contributed by atoms with Gasteiger partial charge in [0.25, 0.3) is 5.91 Å². The fraction of sp³-hybridized carbons (Fsp3) is 0.417. The molecular formula is C12H15Cl2NO3. The standard InChI is InChI=1S/C12H15Cl2NO3/c1-8(12(17)15-5-2-6-16)18-11-4-3-9(13)7-10(11)14/h3-4,7-8,16H,2,5-6H2,1H3,(H,15,17). The van der Waals surface area contributed by atoms with Gasteiger partial charge in [-0.25, -0.2) is 0 Å². The van der Waals surface area contributed by atoms with Crippen LogP contribution in [0.5, 0.6) is 5.75 Å². The Morgan fingerprint density at radius 3 is 2.83 bits per heavy atom. The van der Waals surface area contributed by atoms with Crippen LogP contribution < -0.4 is 10.1 Å². The molecule has 0 spiro atoms. The first kappa shape index (κ1) is 15.1. The van der Waals surface area contributed by atoms with Crippen LogP contribution in [0, 0.1) is 0 Å². The topological polar surface area (TPSA) is 58.6 Å². The van der Waals surface area contributed by atoms with Gasteiger partial charge in [0.2, 0.25) is 0 Å². The van der Waals surface area contributed by atoms with Crippen molar-refractivity contribution in [2.75, 3.05) is 13.2 Å². The van der Waals surface area contributed by atoms with Crippen molar-refractivity contribution >= 4 is 29.1 Å². The third-order valence-electron chi connectivity index (χ3n) is 2.20. The number of rotatable bonds is 6. The minimum absolute atomic E-state index is 0.0402. The number of carbonyl (C=O) groups is 1. The SMILES string of the molecule is CC(Oc1ccc(Cl)cc1Cl)C(=O)NCCCO. The molecule has 0 radical (unpaired) electrons. The highest BCUT2D eigenvalue weighted by Crippen LogP contribution is 2.28. The zero-order valence-corrected chi connectivity index (χ0v) is 11.5. The molecule has 0 saturated carbocycles. The fourth-order valence-corrected chi connectivity index (χ4v) is 1.70. The second-order valence-electron chi connectivity index (χ2n) is 3.70. The summed E-state index contributed by atoms with van der Waals surface area (Å²) in [4.78, 5) is 11.6. The summed E-state index contributed by atoms with van der Waals surface area (Å²) < 4.78 is 5.43. The lowest BCUT2D eigenvalue weighted by molar-refractivity contribution is -0.127. The van der Waals surface area contributed by atoms with Gasteiger partial charge in [-0.3, -0.25) is 4.79 Å². The summed E-state index contributed by atoms with van der Waals surface area (Å²) in [5.74, 6) is 0.153. The van der Waals surface area contributed by atoms with Crippen LogP contribution in [0.15, 0.2) is 18.2 Å². The van der Waals surface area contributed by atoms with E-state index in [9.17, 15) is 4.79 Å². The smallest absolute Gasteiger partial charge is 0.260 e. The Kier molecular flexibility index (Phi) is 6.25. The molecule has 1 rings (SSSR count).